The summed E-state index contributed by atoms with van der Waals surface area (Å²) in [6.45, 7) is 2.99. The molecule has 0 saturated heterocycles. The topological polar surface area (TPSA) is 20.3 Å². The van der Waals surface area contributed by atoms with E-state index in [9.17, 15) is 4.79 Å². The van der Waals surface area contributed by atoms with Crippen molar-refractivity contribution in [3.63, 3.8) is 0 Å². The quantitative estimate of drug-likeness (QED) is 0.699. The molecule has 0 aliphatic heterocycles. The van der Waals surface area contributed by atoms with E-state index in [0.29, 0.717) is 0 Å². The number of thiophene rings is 1. The summed E-state index contributed by atoms with van der Waals surface area (Å²) < 4.78 is 1.87. The summed E-state index contributed by atoms with van der Waals surface area (Å²) in [7, 11) is 1.86. The Hall–Kier alpha value is 0.130. The maximum Gasteiger partial charge on any atom is 0.255 e. The predicted molar refractivity (Wildman–Crippen MR) is 76.2 cm³/mol. The van der Waals surface area contributed by atoms with Gasteiger partial charge in [0.1, 0.15) is 0 Å². The van der Waals surface area contributed by atoms with Crippen molar-refractivity contribution in [3.05, 3.63) is 19.2 Å². The Bertz CT molecular complexity index is 365. The summed E-state index contributed by atoms with van der Waals surface area (Å²) in [5.74, 6) is 0.0879. The van der Waals surface area contributed by atoms with E-state index in [1.54, 1.807) is 4.90 Å². The molecule has 16 heavy (non-hydrogen) atoms. The first-order valence-electron chi connectivity index (χ1n) is 5.26. The first-order chi connectivity index (χ1) is 7.56. The molecule has 1 rings (SSSR count). The molecule has 1 aromatic heterocycles. The maximum atomic E-state index is 12.1. The minimum absolute atomic E-state index is 0.0879. The van der Waals surface area contributed by atoms with E-state index in [1.165, 1.54) is 24.2 Å². The lowest BCUT2D eigenvalue weighted by Crippen LogP contribution is -2.27. The zero-order valence-electron chi connectivity index (χ0n) is 9.43. The Kier molecular flexibility index (Phi) is 6.00. The molecule has 1 amide bonds. The third-order valence-electron chi connectivity index (χ3n) is 2.33. The van der Waals surface area contributed by atoms with Gasteiger partial charge in [-0.2, -0.15) is 0 Å². The number of halogens is 2. The summed E-state index contributed by atoms with van der Waals surface area (Å²) in [5.41, 5.74) is 0.746. The van der Waals surface area contributed by atoms with Gasteiger partial charge in [-0.15, -0.1) is 11.3 Å². The smallest absolute Gasteiger partial charge is 0.255 e. The molecule has 5 heteroatoms. The summed E-state index contributed by atoms with van der Waals surface area (Å²) >= 11 is 8.32. The van der Waals surface area contributed by atoms with Crippen molar-refractivity contribution in [2.45, 2.75) is 26.2 Å². The van der Waals surface area contributed by atoms with Crippen LogP contribution in [0.4, 0.5) is 0 Å². The molecule has 0 aliphatic rings. The van der Waals surface area contributed by atoms with Crippen LogP contribution in [0.1, 0.15) is 36.5 Å². The SMILES string of the molecule is CCCCCN(C)C(=O)c1cc(Br)sc1Br. The standard InChI is InChI=1S/C11H15Br2NOS/c1-3-4-5-6-14(2)11(15)8-7-9(12)16-10(8)13/h7H,3-6H2,1-2H3. The van der Waals surface area contributed by atoms with Crippen LogP contribution < -0.4 is 0 Å². The number of carbonyl (C=O) groups excluding carboxylic acids is 1. The van der Waals surface area contributed by atoms with E-state index >= 15 is 0 Å². The second kappa shape index (κ2) is 6.77. The first-order valence-corrected chi connectivity index (χ1v) is 7.66. The minimum atomic E-state index is 0.0879. The van der Waals surface area contributed by atoms with E-state index < -0.39 is 0 Å². The fourth-order valence-electron chi connectivity index (χ4n) is 1.39. The number of carbonyl (C=O) groups is 1. The average molecular weight is 369 g/mol. The van der Waals surface area contributed by atoms with Crippen molar-refractivity contribution in [1.82, 2.24) is 4.90 Å². The van der Waals surface area contributed by atoms with Crippen LogP contribution in [0.2, 0.25) is 0 Å². The molecule has 0 fully saturated rings. The number of hydrogen-bond acceptors (Lipinski definition) is 2. The lowest BCUT2D eigenvalue weighted by Gasteiger charge is -2.16. The molecule has 0 aromatic carbocycles. The molecule has 1 aromatic rings. The molecule has 0 bridgehead atoms. The Balaban J connectivity index is 2.60. The molecular formula is C11H15Br2NOS. The fraction of sp³-hybridized carbons (Fsp3) is 0.545. The first kappa shape index (κ1) is 14.2. The fourth-order valence-corrected chi connectivity index (χ4v) is 4.17. The van der Waals surface area contributed by atoms with E-state index in [-0.39, 0.29) is 5.91 Å². The highest BCUT2D eigenvalue weighted by Crippen LogP contribution is 2.32. The van der Waals surface area contributed by atoms with Crippen LogP contribution in [0.5, 0.6) is 0 Å². The second-order valence-corrected chi connectivity index (χ2v) is 7.42. The predicted octanol–water partition coefficient (Wildman–Crippen LogP) is 4.54. The van der Waals surface area contributed by atoms with E-state index in [4.69, 9.17) is 0 Å². The monoisotopic (exact) mass is 367 g/mol. The van der Waals surface area contributed by atoms with Crippen LogP contribution >= 0.6 is 43.2 Å². The third-order valence-corrected chi connectivity index (χ3v) is 4.67. The minimum Gasteiger partial charge on any atom is -0.342 e. The summed E-state index contributed by atoms with van der Waals surface area (Å²) in [6.07, 6.45) is 3.42. The van der Waals surface area contributed by atoms with Crippen LogP contribution in [-0.4, -0.2) is 24.4 Å². The number of rotatable bonds is 5. The van der Waals surface area contributed by atoms with Gasteiger partial charge in [0.2, 0.25) is 0 Å². The zero-order valence-corrected chi connectivity index (χ0v) is 13.4. The van der Waals surface area contributed by atoms with Gasteiger partial charge in [-0.1, -0.05) is 19.8 Å². The highest BCUT2D eigenvalue weighted by molar-refractivity contribution is 9.12. The van der Waals surface area contributed by atoms with Gasteiger partial charge in [0.25, 0.3) is 5.91 Å². The van der Waals surface area contributed by atoms with Crippen LogP contribution in [-0.2, 0) is 0 Å². The molecule has 0 radical (unpaired) electrons. The Morgan fingerprint density at radius 1 is 1.44 bits per heavy atom. The highest BCUT2D eigenvalue weighted by atomic mass is 79.9. The van der Waals surface area contributed by atoms with Gasteiger partial charge in [-0.05, 0) is 44.3 Å². The molecule has 0 aliphatic carbocycles. The number of hydrogen-bond donors (Lipinski definition) is 0. The summed E-state index contributed by atoms with van der Waals surface area (Å²) in [5, 5.41) is 0. The van der Waals surface area contributed by atoms with Crippen molar-refractivity contribution >= 4 is 49.1 Å². The van der Waals surface area contributed by atoms with E-state index in [0.717, 1.165) is 26.1 Å². The molecule has 0 N–H and O–H groups in total. The normalized spacial score (nSPS) is 10.5. The molecule has 90 valence electrons. The summed E-state index contributed by atoms with van der Waals surface area (Å²) in [4.78, 5) is 13.8. The van der Waals surface area contributed by atoms with E-state index in [2.05, 4.69) is 38.8 Å². The second-order valence-electron chi connectivity index (χ2n) is 3.67. The van der Waals surface area contributed by atoms with Crippen molar-refractivity contribution in [2.24, 2.45) is 0 Å². The Morgan fingerprint density at radius 2 is 2.12 bits per heavy atom. The third kappa shape index (κ3) is 3.86. The molecule has 1 heterocycles. The number of amides is 1. The van der Waals surface area contributed by atoms with Crippen molar-refractivity contribution in [1.29, 1.82) is 0 Å². The zero-order chi connectivity index (χ0) is 12.1. The van der Waals surface area contributed by atoms with Gasteiger partial charge >= 0.3 is 0 Å². The lowest BCUT2D eigenvalue weighted by atomic mass is 10.2. The van der Waals surface area contributed by atoms with E-state index in [1.807, 2.05) is 13.1 Å². The van der Waals surface area contributed by atoms with Crippen LogP contribution in [0.3, 0.4) is 0 Å². The Labute approximate surface area is 117 Å². The van der Waals surface area contributed by atoms with Crippen LogP contribution in [0.15, 0.2) is 13.6 Å². The van der Waals surface area contributed by atoms with Gasteiger partial charge < -0.3 is 4.90 Å². The van der Waals surface area contributed by atoms with Crippen molar-refractivity contribution < 1.29 is 4.79 Å². The van der Waals surface area contributed by atoms with Gasteiger partial charge in [-0.3, -0.25) is 4.79 Å². The van der Waals surface area contributed by atoms with Crippen molar-refractivity contribution in [2.75, 3.05) is 13.6 Å². The van der Waals surface area contributed by atoms with Crippen molar-refractivity contribution in [3.8, 4) is 0 Å². The summed E-state index contributed by atoms with van der Waals surface area (Å²) in [6, 6.07) is 1.87. The average Bonchev–Trinajstić information content (AvgIpc) is 2.57. The molecule has 0 unspecified atom stereocenters. The number of unbranched alkanes of at least 4 members (excludes halogenated alkanes) is 2. The molecular weight excluding hydrogens is 354 g/mol. The number of nitrogens with zero attached hydrogens (tertiary/aromatic N) is 1. The molecule has 0 saturated carbocycles. The van der Waals surface area contributed by atoms with Gasteiger partial charge in [-0.25, -0.2) is 0 Å². The molecule has 0 spiro atoms. The Morgan fingerprint density at radius 3 is 2.62 bits per heavy atom. The van der Waals surface area contributed by atoms with Crippen LogP contribution in [0, 0.1) is 0 Å². The van der Waals surface area contributed by atoms with Gasteiger partial charge in [0.05, 0.1) is 13.1 Å². The lowest BCUT2D eigenvalue weighted by molar-refractivity contribution is 0.0792. The van der Waals surface area contributed by atoms with Crippen LogP contribution in [0.25, 0.3) is 0 Å². The van der Waals surface area contributed by atoms with Gasteiger partial charge in [0, 0.05) is 13.6 Å². The largest absolute Gasteiger partial charge is 0.342 e. The maximum absolute atomic E-state index is 12.1. The van der Waals surface area contributed by atoms with Gasteiger partial charge in [0.15, 0.2) is 0 Å². The molecule has 0 atom stereocenters. The molecule has 2 nitrogen and oxygen atoms in total. The highest BCUT2D eigenvalue weighted by Gasteiger charge is 2.17.